The highest BCUT2D eigenvalue weighted by Gasteiger charge is 2.13. The normalized spacial score (nSPS) is 12.3. The van der Waals surface area contributed by atoms with Crippen LogP contribution in [0.3, 0.4) is 0 Å². The van der Waals surface area contributed by atoms with Crippen molar-refractivity contribution in [2.75, 3.05) is 6.61 Å². The smallest absolute Gasteiger partial charge is 0.226 e. The lowest BCUT2D eigenvalue weighted by Crippen LogP contribution is -2.28. The SMILES string of the molecule is CCOc1cccc([C@H](C)NC(=O)Cc2cn3ccsc3n2)c1. The zero-order chi connectivity index (χ0) is 16.2. The van der Waals surface area contributed by atoms with Gasteiger partial charge in [-0.05, 0) is 31.5 Å². The first-order valence-corrected chi connectivity index (χ1v) is 8.47. The Morgan fingerprint density at radius 1 is 1.48 bits per heavy atom. The minimum Gasteiger partial charge on any atom is -0.494 e. The van der Waals surface area contributed by atoms with Crippen LogP contribution in [0.5, 0.6) is 5.75 Å². The largest absolute Gasteiger partial charge is 0.494 e. The van der Waals surface area contributed by atoms with Crippen molar-refractivity contribution < 1.29 is 9.53 Å². The second-order valence-corrected chi connectivity index (χ2v) is 6.17. The maximum absolute atomic E-state index is 12.2. The van der Waals surface area contributed by atoms with Gasteiger partial charge in [-0.3, -0.25) is 9.20 Å². The van der Waals surface area contributed by atoms with Crippen molar-refractivity contribution in [2.45, 2.75) is 26.3 Å². The van der Waals surface area contributed by atoms with Crippen molar-refractivity contribution >= 4 is 22.2 Å². The van der Waals surface area contributed by atoms with E-state index in [1.807, 2.05) is 60.3 Å². The molecule has 2 aromatic heterocycles. The van der Waals surface area contributed by atoms with E-state index in [9.17, 15) is 4.79 Å². The zero-order valence-corrected chi connectivity index (χ0v) is 14.0. The average molecular weight is 329 g/mol. The van der Waals surface area contributed by atoms with Crippen LogP contribution in [-0.4, -0.2) is 21.9 Å². The molecular formula is C17H19N3O2S. The molecule has 6 heteroatoms. The van der Waals surface area contributed by atoms with Gasteiger partial charge in [0.2, 0.25) is 5.91 Å². The number of imidazole rings is 1. The van der Waals surface area contributed by atoms with Crippen LogP contribution in [0, 0.1) is 0 Å². The number of amides is 1. The fourth-order valence-corrected chi connectivity index (χ4v) is 3.16. The Balaban J connectivity index is 1.62. The average Bonchev–Trinajstić information content (AvgIpc) is 3.09. The second kappa shape index (κ2) is 6.83. The van der Waals surface area contributed by atoms with Crippen molar-refractivity contribution in [3.05, 3.63) is 53.3 Å². The Morgan fingerprint density at radius 3 is 3.13 bits per heavy atom. The molecule has 0 saturated carbocycles. The number of nitrogens with one attached hydrogen (secondary N) is 1. The fraction of sp³-hybridized carbons (Fsp3) is 0.294. The summed E-state index contributed by atoms with van der Waals surface area (Å²) in [5.41, 5.74) is 1.81. The predicted octanol–water partition coefficient (Wildman–Crippen LogP) is 3.21. The predicted molar refractivity (Wildman–Crippen MR) is 90.9 cm³/mol. The summed E-state index contributed by atoms with van der Waals surface area (Å²) in [5, 5.41) is 4.98. The molecule has 0 fully saturated rings. The van der Waals surface area contributed by atoms with Gasteiger partial charge >= 0.3 is 0 Å². The molecule has 120 valence electrons. The molecule has 0 radical (unpaired) electrons. The van der Waals surface area contributed by atoms with Crippen LogP contribution in [0.25, 0.3) is 4.96 Å². The van der Waals surface area contributed by atoms with Crippen molar-refractivity contribution in [1.29, 1.82) is 0 Å². The van der Waals surface area contributed by atoms with Crippen molar-refractivity contribution in [1.82, 2.24) is 14.7 Å². The Hall–Kier alpha value is -2.34. The number of fused-ring (bicyclic) bond motifs is 1. The summed E-state index contributed by atoms with van der Waals surface area (Å²) in [6.45, 7) is 4.55. The van der Waals surface area contributed by atoms with Gasteiger partial charge in [0.05, 0.1) is 24.8 Å². The summed E-state index contributed by atoms with van der Waals surface area (Å²) >= 11 is 1.56. The Morgan fingerprint density at radius 2 is 2.35 bits per heavy atom. The topological polar surface area (TPSA) is 55.6 Å². The summed E-state index contributed by atoms with van der Waals surface area (Å²) in [6.07, 6.45) is 4.12. The number of nitrogens with zero attached hydrogens (tertiary/aromatic N) is 2. The molecule has 0 saturated heterocycles. The number of rotatable bonds is 6. The van der Waals surface area contributed by atoms with Gasteiger partial charge in [0.15, 0.2) is 4.96 Å². The Kier molecular flexibility index (Phi) is 4.62. The molecule has 0 aliphatic rings. The molecule has 1 aromatic carbocycles. The van der Waals surface area contributed by atoms with Crippen LogP contribution < -0.4 is 10.1 Å². The van der Waals surface area contributed by atoms with Gasteiger partial charge in [-0.15, -0.1) is 11.3 Å². The maximum atomic E-state index is 12.2. The highest BCUT2D eigenvalue weighted by molar-refractivity contribution is 7.15. The van der Waals surface area contributed by atoms with Gasteiger partial charge in [0, 0.05) is 17.8 Å². The van der Waals surface area contributed by atoms with E-state index >= 15 is 0 Å². The number of carbonyl (C=O) groups excluding carboxylic acids is 1. The van der Waals surface area contributed by atoms with Crippen molar-refractivity contribution in [3.8, 4) is 5.75 Å². The minimum atomic E-state index is -0.0772. The first-order valence-electron chi connectivity index (χ1n) is 7.59. The maximum Gasteiger partial charge on any atom is 0.226 e. The Bertz CT molecular complexity index is 780. The quantitative estimate of drug-likeness (QED) is 0.755. The molecule has 0 aliphatic heterocycles. The number of ether oxygens (including phenoxy) is 1. The standard InChI is InChI=1S/C17H19N3O2S/c1-3-22-15-6-4-5-13(9-15)12(2)18-16(21)10-14-11-20-7-8-23-17(20)19-14/h4-9,11-12H,3,10H2,1-2H3,(H,18,21)/t12-/m0/s1. The molecule has 0 unspecified atom stereocenters. The van der Waals surface area contributed by atoms with E-state index in [1.54, 1.807) is 11.3 Å². The Labute approximate surface area is 138 Å². The van der Waals surface area contributed by atoms with Crippen LogP contribution >= 0.6 is 11.3 Å². The molecule has 1 atom stereocenters. The number of aromatic nitrogens is 2. The molecule has 5 nitrogen and oxygen atoms in total. The monoisotopic (exact) mass is 329 g/mol. The molecule has 0 aliphatic carbocycles. The zero-order valence-electron chi connectivity index (χ0n) is 13.2. The fourth-order valence-electron chi connectivity index (χ4n) is 2.44. The summed E-state index contributed by atoms with van der Waals surface area (Å²) in [6, 6.07) is 7.72. The third kappa shape index (κ3) is 3.71. The van der Waals surface area contributed by atoms with Crippen LogP contribution in [0.1, 0.15) is 31.1 Å². The number of thiazole rings is 1. The van der Waals surface area contributed by atoms with Gasteiger partial charge in [-0.1, -0.05) is 12.1 Å². The van der Waals surface area contributed by atoms with Crippen LogP contribution in [0.4, 0.5) is 0 Å². The van der Waals surface area contributed by atoms with Crippen molar-refractivity contribution in [3.63, 3.8) is 0 Å². The lowest BCUT2D eigenvalue weighted by molar-refractivity contribution is -0.121. The van der Waals surface area contributed by atoms with E-state index in [0.29, 0.717) is 6.61 Å². The van der Waals surface area contributed by atoms with Gasteiger partial charge in [-0.2, -0.15) is 0 Å². The van der Waals surface area contributed by atoms with E-state index in [2.05, 4.69) is 10.3 Å². The highest BCUT2D eigenvalue weighted by atomic mass is 32.1. The molecule has 0 bridgehead atoms. The second-order valence-electron chi connectivity index (χ2n) is 5.30. The third-order valence-electron chi connectivity index (χ3n) is 3.53. The van der Waals surface area contributed by atoms with E-state index < -0.39 is 0 Å². The van der Waals surface area contributed by atoms with Crippen LogP contribution in [0.15, 0.2) is 42.0 Å². The number of carbonyl (C=O) groups is 1. The van der Waals surface area contributed by atoms with Gasteiger partial charge in [-0.25, -0.2) is 4.98 Å². The van der Waals surface area contributed by atoms with Crippen LogP contribution in [-0.2, 0) is 11.2 Å². The minimum absolute atomic E-state index is 0.0370. The van der Waals surface area contributed by atoms with E-state index in [0.717, 1.165) is 22.0 Å². The highest BCUT2D eigenvalue weighted by Crippen LogP contribution is 2.19. The third-order valence-corrected chi connectivity index (χ3v) is 4.30. The molecule has 2 heterocycles. The molecule has 3 aromatic rings. The van der Waals surface area contributed by atoms with E-state index in [4.69, 9.17) is 4.74 Å². The van der Waals surface area contributed by atoms with Crippen molar-refractivity contribution in [2.24, 2.45) is 0 Å². The summed E-state index contributed by atoms with van der Waals surface area (Å²) < 4.78 is 7.43. The number of benzene rings is 1. The van der Waals surface area contributed by atoms with Gasteiger partial charge in [0.25, 0.3) is 0 Å². The van der Waals surface area contributed by atoms with Gasteiger partial charge < -0.3 is 10.1 Å². The lowest BCUT2D eigenvalue weighted by Gasteiger charge is -2.15. The molecule has 3 rings (SSSR count). The summed E-state index contributed by atoms with van der Waals surface area (Å²) in [4.78, 5) is 17.6. The van der Waals surface area contributed by atoms with E-state index in [-0.39, 0.29) is 18.4 Å². The first-order chi connectivity index (χ1) is 11.2. The summed E-state index contributed by atoms with van der Waals surface area (Å²) in [5.74, 6) is 0.783. The van der Waals surface area contributed by atoms with Crippen LogP contribution in [0.2, 0.25) is 0 Å². The van der Waals surface area contributed by atoms with E-state index in [1.165, 1.54) is 0 Å². The molecule has 1 N–H and O–H groups in total. The first kappa shape index (κ1) is 15.6. The summed E-state index contributed by atoms with van der Waals surface area (Å²) in [7, 11) is 0. The lowest BCUT2D eigenvalue weighted by atomic mass is 10.1. The molecular weight excluding hydrogens is 310 g/mol. The molecule has 0 spiro atoms. The number of hydrogen-bond donors (Lipinski definition) is 1. The molecule has 23 heavy (non-hydrogen) atoms. The van der Waals surface area contributed by atoms with Gasteiger partial charge in [0.1, 0.15) is 5.75 Å². The molecule has 1 amide bonds. The number of hydrogen-bond acceptors (Lipinski definition) is 4.